The van der Waals surface area contributed by atoms with Crippen LogP contribution in [0, 0.1) is 0 Å². The van der Waals surface area contributed by atoms with Crippen LogP contribution in [0.1, 0.15) is 12.0 Å². The monoisotopic (exact) mass is 251 g/mol. The quantitative estimate of drug-likeness (QED) is 0.696. The molecule has 5 nitrogen and oxygen atoms in total. The molecule has 0 aliphatic rings. The molecule has 0 aromatic heterocycles. The molecule has 4 N–H and O–H groups in total. The highest BCUT2D eigenvalue weighted by Gasteiger charge is 2.04. The van der Waals surface area contributed by atoms with Crippen LogP contribution in [-0.4, -0.2) is 38.1 Å². The second kappa shape index (κ2) is 6.86. The highest BCUT2D eigenvalue weighted by Crippen LogP contribution is 2.23. The number of nitrogens with zero attached hydrogens (tertiary/aromatic N) is 1. The van der Waals surface area contributed by atoms with Crippen molar-refractivity contribution in [3.8, 4) is 5.75 Å². The fraction of sp³-hybridized carbons (Fsp3) is 0.462. The number of likely N-dealkylation sites (N-methyl/N-ethyl adjacent to an activating group) is 1. The number of ether oxygens (including phenoxy) is 1. The average molecular weight is 251 g/mol. The van der Waals surface area contributed by atoms with E-state index in [4.69, 9.17) is 16.2 Å². The van der Waals surface area contributed by atoms with Gasteiger partial charge in [-0.3, -0.25) is 4.79 Å². The minimum absolute atomic E-state index is 0.306. The van der Waals surface area contributed by atoms with E-state index in [0.29, 0.717) is 30.9 Å². The summed E-state index contributed by atoms with van der Waals surface area (Å²) in [4.78, 5) is 12.7. The predicted octanol–water partition coefficient (Wildman–Crippen LogP) is 0.627. The SMILES string of the molecule is CN(C)CCOc1ccc(CCC(N)=O)cc1N. The van der Waals surface area contributed by atoms with Crippen LogP contribution in [0.4, 0.5) is 5.69 Å². The molecule has 100 valence electrons. The zero-order valence-electron chi connectivity index (χ0n) is 11.0. The largest absolute Gasteiger partial charge is 0.490 e. The molecule has 1 amide bonds. The number of carbonyl (C=O) groups is 1. The topological polar surface area (TPSA) is 81.6 Å². The van der Waals surface area contributed by atoms with Crippen molar-refractivity contribution in [1.82, 2.24) is 4.90 Å². The van der Waals surface area contributed by atoms with Crippen molar-refractivity contribution in [2.24, 2.45) is 5.73 Å². The number of primary amides is 1. The molecule has 1 aromatic rings. The summed E-state index contributed by atoms with van der Waals surface area (Å²) in [7, 11) is 3.97. The number of carbonyl (C=O) groups excluding carboxylic acids is 1. The number of hydrogen-bond donors (Lipinski definition) is 2. The number of anilines is 1. The summed E-state index contributed by atoms with van der Waals surface area (Å²) in [6.45, 7) is 1.43. The number of nitrogens with two attached hydrogens (primary N) is 2. The van der Waals surface area contributed by atoms with Gasteiger partial charge in [-0.25, -0.2) is 0 Å². The summed E-state index contributed by atoms with van der Waals surface area (Å²) in [5, 5.41) is 0. The first-order chi connectivity index (χ1) is 8.49. The van der Waals surface area contributed by atoms with Gasteiger partial charge >= 0.3 is 0 Å². The lowest BCUT2D eigenvalue weighted by atomic mass is 10.1. The Morgan fingerprint density at radius 3 is 2.67 bits per heavy atom. The maximum Gasteiger partial charge on any atom is 0.217 e. The van der Waals surface area contributed by atoms with E-state index >= 15 is 0 Å². The molecular weight excluding hydrogens is 230 g/mol. The van der Waals surface area contributed by atoms with Gasteiger partial charge < -0.3 is 21.1 Å². The van der Waals surface area contributed by atoms with Crippen LogP contribution < -0.4 is 16.2 Å². The molecule has 0 aliphatic heterocycles. The molecule has 5 heteroatoms. The van der Waals surface area contributed by atoms with Crippen LogP contribution in [0.3, 0.4) is 0 Å². The van der Waals surface area contributed by atoms with Gasteiger partial charge in [-0.05, 0) is 38.2 Å². The molecule has 1 aromatic carbocycles. The molecule has 0 bridgehead atoms. The van der Waals surface area contributed by atoms with Crippen molar-refractivity contribution in [3.05, 3.63) is 23.8 Å². The predicted molar refractivity (Wildman–Crippen MR) is 72.4 cm³/mol. The first kappa shape index (κ1) is 14.3. The highest BCUT2D eigenvalue weighted by atomic mass is 16.5. The zero-order valence-corrected chi connectivity index (χ0v) is 11.0. The van der Waals surface area contributed by atoms with E-state index in [1.165, 1.54) is 0 Å². The van der Waals surface area contributed by atoms with Gasteiger partial charge in [-0.2, -0.15) is 0 Å². The van der Waals surface area contributed by atoms with Gasteiger partial charge in [0.25, 0.3) is 0 Å². The van der Waals surface area contributed by atoms with E-state index in [-0.39, 0.29) is 5.91 Å². The molecule has 0 atom stereocenters. The lowest BCUT2D eigenvalue weighted by Gasteiger charge is -2.13. The summed E-state index contributed by atoms with van der Waals surface area (Å²) < 4.78 is 5.57. The number of nitrogen functional groups attached to an aromatic ring is 1. The molecule has 0 aliphatic carbocycles. The molecule has 0 saturated carbocycles. The van der Waals surface area contributed by atoms with E-state index in [2.05, 4.69) is 0 Å². The second-order valence-electron chi connectivity index (χ2n) is 4.49. The summed E-state index contributed by atoms with van der Waals surface area (Å²) in [6, 6.07) is 5.57. The van der Waals surface area contributed by atoms with Crippen molar-refractivity contribution in [3.63, 3.8) is 0 Å². The third-order valence-corrected chi connectivity index (χ3v) is 2.53. The van der Waals surface area contributed by atoms with Crippen LogP contribution >= 0.6 is 0 Å². The van der Waals surface area contributed by atoms with Gasteiger partial charge in [0, 0.05) is 13.0 Å². The number of benzene rings is 1. The molecule has 0 spiro atoms. The van der Waals surface area contributed by atoms with Gasteiger partial charge in [-0.15, -0.1) is 0 Å². The van der Waals surface area contributed by atoms with E-state index < -0.39 is 0 Å². The summed E-state index contributed by atoms with van der Waals surface area (Å²) in [5.41, 5.74) is 12.6. The number of hydrogen-bond acceptors (Lipinski definition) is 4. The van der Waals surface area contributed by atoms with E-state index in [1.54, 1.807) is 0 Å². The summed E-state index contributed by atoms with van der Waals surface area (Å²) in [6.07, 6.45) is 0.942. The Labute approximate surface area is 108 Å². The van der Waals surface area contributed by atoms with Gasteiger partial charge in [-0.1, -0.05) is 6.07 Å². The first-order valence-corrected chi connectivity index (χ1v) is 5.93. The molecule has 0 fully saturated rings. The minimum Gasteiger partial charge on any atom is -0.490 e. The van der Waals surface area contributed by atoms with E-state index in [1.807, 2.05) is 37.2 Å². The molecule has 18 heavy (non-hydrogen) atoms. The second-order valence-corrected chi connectivity index (χ2v) is 4.49. The fourth-order valence-electron chi connectivity index (χ4n) is 1.49. The van der Waals surface area contributed by atoms with E-state index in [9.17, 15) is 4.79 Å². The molecule has 0 radical (unpaired) electrons. The first-order valence-electron chi connectivity index (χ1n) is 5.93. The number of rotatable bonds is 7. The van der Waals surface area contributed by atoms with Gasteiger partial charge in [0.1, 0.15) is 12.4 Å². The van der Waals surface area contributed by atoms with Crippen molar-refractivity contribution >= 4 is 11.6 Å². The van der Waals surface area contributed by atoms with Crippen molar-refractivity contribution in [1.29, 1.82) is 0 Å². The Morgan fingerprint density at radius 1 is 1.39 bits per heavy atom. The Hall–Kier alpha value is -1.75. The average Bonchev–Trinajstić information content (AvgIpc) is 2.28. The molecule has 0 unspecified atom stereocenters. The normalized spacial score (nSPS) is 10.6. The van der Waals surface area contributed by atoms with Crippen LogP contribution in [0.25, 0.3) is 0 Å². The lowest BCUT2D eigenvalue weighted by Crippen LogP contribution is -2.19. The minimum atomic E-state index is -0.306. The Balaban J connectivity index is 2.53. The van der Waals surface area contributed by atoms with E-state index in [0.717, 1.165) is 12.1 Å². The summed E-state index contributed by atoms with van der Waals surface area (Å²) in [5.74, 6) is 0.375. The lowest BCUT2D eigenvalue weighted by molar-refractivity contribution is -0.117. The zero-order chi connectivity index (χ0) is 13.5. The molecule has 0 heterocycles. The maximum absolute atomic E-state index is 10.7. The smallest absolute Gasteiger partial charge is 0.217 e. The van der Waals surface area contributed by atoms with Gasteiger partial charge in [0.05, 0.1) is 5.69 Å². The number of amides is 1. The van der Waals surface area contributed by atoms with Crippen LogP contribution in [0.15, 0.2) is 18.2 Å². The Kier molecular flexibility index (Phi) is 5.45. The maximum atomic E-state index is 10.7. The third-order valence-electron chi connectivity index (χ3n) is 2.53. The molecule has 0 saturated heterocycles. The molecule has 1 rings (SSSR count). The Morgan fingerprint density at radius 2 is 2.11 bits per heavy atom. The van der Waals surface area contributed by atoms with Crippen LogP contribution in [-0.2, 0) is 11.2 Å². The van der Waals surface area contributed by atoms with Gasteiger partial charge in [0.2, 0.25) is 5.91 Å². The fourth-order valence-corrected chi connectivity index (χ4v) is 1.49. The standard InChI is InChI=1S/C13H21N3O2/c1-16(2)7-8-18-12-5-3-10(9-11(12)14)4-6-13(15)17/h3,5,9H,4,6-8,14H2,1-2H3,(H2,15,17). The number of aryl methyl sites for hydroxylation is 1. The van der Waals surface area contributed by atoms with Crippen molar-refractivity contribution in [2.75, 3.05) is 33.0 Å². The van der Waals surface area contributed by atoms with Crippen molar-refractivity contribution < 1.29 is 9.53 Å². The molecular formula is C13H21N3O2. The third kappa shape index (κ3) is 5.05. The van der Waals surface area contributed by atoms with Gasteiger partial charge in [0.15, 0.2) is 0 Å². The van der Waals surface area contributed by atoms with Crippen LogP contribution in [0.5, 0.6) is 5.75 Å². The summed E-state index contributed by atoms with van der Waals surface area (Å²) >= 11 is 0. The van der Waals surface area contributed by atoms with Crippen LogP contribution in [0.2, 0.25) is 0 Å². The van der Waals surface area contributed by atoms with Crippen molar-refractivity contribution in [2.45, 2.75) is 12.8 Å². The highest BCUT2D eigenvalue weighted by molar-refractivity contribution is 5.74. The Bertz CT molecular complexity index is 405.